The topological polar surface area (TPSA) is 76.7 Å². The molecule has 2 heterocycles. The standard InChI is InChI=1S/C17H23N5/c1-12-3-2-9-19-16(12)22-17-20-10-8-15(21-17)14-6-4-13(11-18)5-7-14/h2-3,8-10,13-14H,4-7,11,18H2,1H3,(H,19,20,21,22). The molecule has 0 atom stereocenters. The molecule has 1 aliphatic rings. The first-order valence-electron chi connectivity index (χ1n) is 7.98. The van der Waals surface area contributed by atoms with E-state index in [9.17, 15) is 0 Å². The maximum Gasteiger partial charge on any atom is 0.228 e. The number of nitrogens with one attached hydrogen (secondary N) is 1. The number of nitrogens with two attached hydrogens (primary N) is 1. The second kappa shape index (κ2) is 6.83. The number of hydrogen-bond acceptors (Lipinski definition) is 5. The Labute approximate surface area is 131 Å². The predicted molar refractivity (Wildman–Crippen MR) is 88.0 cm³/mol. The highest BCUT2D eigenvalue weighted by Gasteiger charge is 2.22. The molecular weight excluding hydrogens is 274 g/mol. The fourth-order valence-corrected chi connectivity index (χ4v) is 3.08. The molecule has 1 fully saturated rings. The van der Waals surface area contributed by atoms with Crippen molar-refractivity contribution in [3.63, 3.8) is 0 Å². The Kier molecular flexibility index (Phi) is 4.63. The van der Waals surface area contributed by atoms with Gasteiger partial charge in [0, 0.05) is 24.0 Å². The fourth-order valence-electron chi connectivity index (χ4n) is 3.08. The fraction of sp³-hybridized carbons (Fsp3) is 0.471. The zero-order valence-electron chi connectivity index (χ0n) is 13.0. The average Bonchev–Trinajstić information content (AvgIpc) is 2.57. The van der Waals surface area contributed by atoms with Crippen molar-refractivity contribution in [2.45, 2.75) is 38.5 Å². The molecule has 0 radical (unpaired) electrons. The monoisotopic (exact) mass is 297 g/mol. The van der Waals surface area contributed by atoms with E-state index in [2.05, 4.69) is 15.3 Å². The summed E-state index contributed by atoms with van der Waals surface area (Å²) in [5.74, 6) is 2.65. The number of rotatable bonds is 4. The van der Waals surface area contributed by atoms with Crippen LogP contribution in [0.1, 0.15) is 42.9 Å². The summed E-state index contributed by atoms with van der Waals surface area (Å²) in [5.41, 5.74) is 7.98. The lowest BCUT2D eigenvalue weighted by molar-refractivity contribution is 0.329. The van der Waals surface area contributed by atoms with Crippen LogP contribution >= 0.6 is 0 Å². The molecule has 0 aliphatic heterocycles. The van der Waals surface area contributed by atoms with Crippen LogP contribution < -0.4 is 11.1 Å². The molecule has 2 aromatic heterocycles. The van der Waals surface area contributed by atoms with Gasteiger partial charge < -0.3 is 11.1 Å². The van der Waals surface area contributed by atoms with E-state index in [1.54, 1.807) is 6.20 Å². The molecule has 0 unspecified atom stereocenters. The Morgan fingerprint density at radius 3 is 2.68 bits per heavy atom. The first-order valence-corrected chi connectivity index (χ1v) is 7.98. The minimum absolute atomic E-state index is 0.524. The van der Waals surface area contributed by atoms with Crippen LogP contribution in [-0.2, 0) is 0 Å². The van der Waals surface area contributed by atoms with Crippen molar-refractivity contribution in [1.29, 1.82) is 0 Å². The van der Waals surface area contributed by atoms with Crippen LogP contribution in [0, 0.1) is 12.8 Å². The van der Waals surface area contributed by atoms with E-state index in [1.807, 2.05) is 31.3 Å². The molecule has 1 aliphatic carbocycles. The molecule has 116 valence electrons. The van der Waals surface area contributed by atoms with Gasteiger partial charge in [-0.25, -0.2) is 15.0 Å². The lowest BCUT2D eigenvalue weighted by Crippen LogP contribution is -2.21. The molecule has 0 aromatic carbocycles. The van der Waals surface area contributed by atoms with Crippen molar-refractivity contribution in [2.75, 3.05) is 11.9 Å². The van der Waals surface area contributed by atoms with Crippen LogP contribution in [0.2, 0.25) is 0 Å². The van der Waals surface area contributed by atoms with Crippen LogP contribution in [-0.4, -0.2) is 21.5 Å². The van der Waals surface area contributed by atoms with E-state index in [0.29, 0.717) is 17.8 Å². The second-order valence-corrected chi connectivity index (χ2v) is 6.05. The summed E-state index contributed by atoms with van der Waals surface area (Å²) in [6.45, 7) is 2.83. The summed E-state index contributed by atoms with van der Waals surface area (Å²) in [5, 5.41) is 3.22. The number of pyridine rings is 1. The minimum atomic E-state index is 0.524. The van der Waals surface area contributed by atoms with Gasteiger partial charge in [0.15, 0.2) is 0 Å². The minimum Gasteiger partial charge on any atom is -0.330 e. The molecular formula is C17H23N5. The van der Waals surface area contributed by atoms with Gasteiger partial charge in [-0.1, -0.05) is 6.07 Å². The lowest BCUT2D eigenvalue weighted by Gasteiger charge is -2.27. The van der Waals surface area contributed by atoms with E-state index in [-0.39, 0.29) is 0 Å². The van der Waals surface area contributed by atoms with E-state index < -0.39 is 0 Å². The molecule has 0 spiro atoms. The Balaban J connectivity index is 1.72. The summed E-state index contributed by atoms with van der Waals surface area (Å²) in [7, 11) is 0. The van der Waals surface area contributed by atoms with E-state index in [1.165, 1.54) is 25.7 Å². The highest BCUT2D eigenvalue weighted by molar-refractivity contribution is 5.52. The van der Waals surface area contributed by atoms with Crippen LogP contribution in [0.4, 0.5) is 11.8 Å². The van der Waals surface area contributed by atoms with Gasteiger partial charge in [-0.15, -0.1) is 0 Å². The molecule has 3 N–H and O–H groups in total. The zero-order chi connectivity index (χ0) is 15.4. The van der Waals surface area contributed by atoms with Gasteiger partial charge in [0.1, 0.15) is 5.82 Å². The van der Waals surface area contributed by atoms with Crippen molar-refractivity contribution in [1.82, 2.24) is 15.0 Å². The van der Waals surface area contributed by atoms with E-state index in [4.69, 9.17) is 10.7 Å². The van der Waals surface area contributed by atoms with Gasteiger partial charge in [-0.3, -0.25) is 0 Å². The first-order chi connectivity index (χ1) is 10.8. The molecule has 5 heteroatoms. The van der Waals surface area contributed by atoms with Crippen molar-refractivity contribution in [3.8, 4) is 0 Å². The SMILES string of the molecule is Cc1cccnc1Nc1nccc(C2CCC(CN)CC2)n1. The smallest absolute Gasteiger partial charge is 0.228 e. The summed E-state index contributed by atoms with van der Waals surface area (Å²) in [4.78, 5) is 13.3. The molecule has 5 nitrogen and oxygen atoms in total. The Bertz CT molecular complexity index is 620. The molecule has 3 rings (SSSR count). The van der Waals surface area contributed by atoms with Gasteiger partial charge in [0.25, 0.3) is 0 Å². The highest BCUT2D eigenvalue weighted by Crippen LogP contribution is 2.34. The van der Waals surface area contributed by atoms with E-state index >= 15 is 0 Å². The molecule has 2 aromatic rings. The highest BCUT2D eigenvalue weighted by atomic mass is 15.1. The first kappa shape index (κ1) is 14.9. The third kappa shape index (κ3) is 3.42. The summed E-state index contributed by atoms with van der Waals surface area (Å²) >= 11 is 0. The van der Waals surface area contributed by atoms with E-state index in [0.717, 1.165) is 23.6 Å². The Hall–Kier alpha value is -2.01. The second-order valence-electron chi connectivity index (χ2n) is 6.05. The summed E-state index contributed by atoms with van der Waals surface area (Å²) < 4.78 is 0. The van der Waals surface area contributed by atoms with Gasteiger partial charge in [-0.2, -0.15) is 0 Å². The van der Waals surface area contributed by atoms with Crippen LogP contribution in [0.15, 0.2) is 30.6 Å². The molecule has 1 saturated carbocycles. The number of nitrogens with zero attached hydrogens (tertiary/aromatic N) is 3. The van der Waals surface area contributed by atoms with Crippen molar-refractivity contribution < 1.29 is 0 Å². The number of aryl methyl sites for hydroxylation is 1. The maximum atomic E-state index is 5.77. The average molecular weight is 297 g/mol. The molecule has 22 heavy (non-hydrogen) atoms. The quantitative estimate of drug-likeness (QED) is 0.906. The van der Waals surface area contributed by atoms with Crippen molar-refractivity contribution >= 4 is 11.8 Å². The molecule has 0 amide bonds. The maximum absolute atomic E-state index is 5.77. The predicted octanol–water partition coefficient (Wildman–Crippen LogP) is 3.16. The lowest BCUT2D eigenvalue weighted by atomic mass is 9.80. The molecule has 0 saturated heterocycles. The van der Waals surface area contributed by atoms with Crippen LogP contribution in [0.25, 0.3) is 0 Å². The van der Waals surface area contributed by atoms with Crippen LogP contribution in [0.3, 0.4) is 0 Å². The van der Waals surface area contributed by atoms with Gasteiger partial charge in [-0.05, 0) is 62.8 Å². The number of anilines is 2. The summed E-state index contributed by atoms with van der Waals surface area (Å²) in [6, 6.07) is 5.98. The normalized spacial score (nSPS) is 21.5. The number of hydrogen-bond donors (Lipinski definition) is 2. The largest absolute Gasteiger partial charge is 0.330 e. The van der Waals surface area contributed by atoms with Gasteiger partial charge in [0.05, 0.1) is 0 Å². The summed E-state index contributed by atoms with van der Waals surface area (Å²) in [6.07, 6.45) is 8.34. The molecule has 0 bridgehead atoms. The number of aromatic nitrogens is 3. The Morgan fingerprint density at radius 1 is 1.14 bits per heavy atom. The van der Waals surface area contributed by atoms with Gasteiger partial charge in [0.2, 0.25) is 5.95 Å². The van der Waals surface area contributed by atoms with Crippen LogP contribution in [0.5, 0.6) is 0 Å². The third-order valence-corrected chi connectivity index (χ3v) is 4.52. The third-order valence-electron chi connectivity index (χ3n) is 4.52. The van der Waals surface area contributed by atoms with Gasteiger partial charge >= 0.3 is 0 Å². The van der Waals surface area contributed by atoms with Crippen molar-refractivity contribution in [3.05, 3.63) is 41.9 Å². The zero-order valence-corrected chi connectivity index (χ0v) is 13.0. The Morgan fingerprint density at radius 2 is 1.95 bits per heavy atom. The van der Waals surface area contributed by atoms with Crippen molar-refractivity contribution in [2.24, 2.45) is 11.7 Å².